The van der Waals surface area contributed by atoms with Crippen LogP contribution >= 0.6 is 7.80 Å². The highest BCUT2D eigenvalue weighted by Crippen LogP contribution is 2.33. The number of ether oxygens (including phenoxy) is 1. The Balaban J connectivity index is 2.68. The first kappa shape index (κ1) is 19.7. The zero-order valence-electron chi connectivity index (χ0n) is 13.3. The molecule has 0 bridgehead atoms. The average molecular weight is 361 g/mol. The van der Waals surface area contributed by atoms with Gasteiger partial charge in [0.05, 0.1) is 12.9 Å². The molecule has 0 aliphatic carbocycles. The summed E-state index contributed by atoms with van der Waals surface area (Å²) in [4.78, 5) is 11.5. The molecule has 0 fully saturated rings. The van der Waals surface area contributed by atoms with Crippen molar-refractivity contribution in [3.05, 3.63) is 35.9 Å². The molecule has 0 spiro atoms. The highest BCUT2D eigenvalue weighted by Gasteiger charge is 2.26. The Kier molecular flexibility index (Phi) is 8.37. The van der Waals surface area contributed by atoms with Crippen molar-refractivity contribution >= 4 is 23.9 Å². The minimum absolute atomic E-state index is 0.118. The van der Waals surface area contributed by atoms with Crippen LogP contribution in [0, 0.1) is 0 Å². The molecule has 0 saturated carbocycles. The van der Waals surface area contributed by atoms with Gasteiger partial charge in [0.1, 0.15) is 0 Å². The van der Waals surface area contributed by atoms with E-state index in [1.54, 1.807) is 6.92 Å². The van der Waals surface area contributed by atoms with Crippen molar-refractivity contribution in [2.75, 3.05) is 25.4 Å². The molecule has 1 rings (SSSR count). The molecule has 8 heteroatoms. The Hall–Kier alpha value is -1.30. The van der Waals surface area contributed by atoms with E-state index in [1.807, 2.05) is 30.3 Å². The van der Waals surface area contributed by atoms with Gasteiger partial charge in [-0.3, -0.25) is 4.79 Å². The van der Waals surface area contributed by atoms with Gasteiger partial charge in [-0.05, 0) is 18.9 Å². The molecule has 1 aromatic rings. The lowest BCUT2D eigenvalue weighted by molar-refractivity contribution is -0.143. The molecule has 2 atom stereocenters. The first-order valence-electron chi connectivity index (χ1n) is 7.29. The number of carbonyl (C=O) groups excluding carboxylic acids is 1. The average Bonchev–Trinajstić information content (AvgIpc) is 2.50. The molecular formula is C15H22O6PS+. The third-order valence-electron chi connectivity index (χ3n) is 3.11. The van der Waals surface area contributed by atoms with Gasteiger partial charge < -0.3 is 4.74 Å². The number of hydrogen-bond acceptors (Lipinski definition) is 6. The molecule has 1 aromatic carbocycles. The minimum atomic E-state index is -3.61. The van der Waals surface area contributed by atoms with Gasteiger partial charge in [-0.15, -0.1) is 0 Å². The normalized spacial score (nSPS) is 13.4. The Morgan fingerprint density at radius 3 is 2.48 bits per heavy atom. The quantitative estimate of drug-likeness (QED) is 0.362. The monoisotopic (exact) mass is 361 g/mol. The van der Waals surface area contributed by atoms with Crippen molar-refractivity contribution in [3.63, 3.8) is 0 Å². The SMILES string of the molecule is CCOC(=O)CCC(C[P+](=O)COS(C)(=O)=O)c1ccccc1. The lowest BCUT2D eigenvalue weighted by Crippen LogP contribution is -2.10. The molecule has 0 aliphatic heterocycles. The number of rotatable bonds is 10. The molecular weight excluding hydrogens is 339 g/mol. The molecule has 0 aromatic heterocycles. The summed E-state index contributed by atoms with van der Waals surface area (Å²) in [5.74, 6) is -0.413. The van der Waals surface area contributed by atoms with Crippen LogP contribution in [0.1, 0.15) is 31.2 Å². The summed E-state index contributed by atoms with van der Waals surface area (Å²) in [6.07, 6.45) is 1.56. The van der Waals surface area contributed by atoms with Crippen molar-refractivity contribution in [2.24, 2.45) is 0 Å². The van der Waals surface area contributed by atoms with Gasteiger partial charge in [0.15, 0.2) is 6.16 Å². The molecule has 0 amide bonds. The van der Waals surface area contributed by atoms with E-state index in [2.05, 4.69) is 4.18 Å². The molecule has 6 nitrogen and oxygen atoms in total. The van der Waals surface area contributed by atoms with Gasteiger partial charge in [0.25, 0.3) is 16.5 Å². The fourth-order valence-corrected chi connectivity index (χ4v) is 4.29. The second-order valence-electron chi connectivity index (χ2n) is 5.07. The number of hydrogen-bond donors (Lipinski definition) is 0. The van der Waals surface area contributed by atoms with Gasteiger partial charge in [-0.2, -0.15) is 8.42 Å². The fourth-order valence-electron chi connectivity index (χ4n) is 2.07. The van der Waals surface area contributed by atoms with E-state index in [4.69, 9.17) is 4.74 Å². The topological polar surface area (TPSA) is 86.7 Å². The third kappa shape index (κ3) is 8.79. The molecule has 2 unspecified atom stereocenters. The molecule has 0 aliphatic rings. The second-order valence-corrected chi connectivity index (χ2v) is 8.30. The smallest absolute Gasteiger partial charge is 0.368 e. The zero-order valence-corrected chi connectivity index (χ0v) is 15.0. The van der Waals surface area contributed by atoms with Gasteiger partial charge >= 0.3 is 13.8 Å². The molecule has 0 heterocycles. The van der Waals surface area contributed by atoms with Crippen LogP contribution in [-0.4, -0.2) is 39.8 Å². The van der Waals surface area contributed by atoms with E-state index in [1.165, 1.54) is 0 Å². The van der Waals surface area contributed by atoms with Crippen LogP contribution in [0.2, 0.25) is 0 Å². The van der Waals surface area contributed by atoms with Gasteiger partial charge in [0.2, 0.25) is 0 Å². The maximum atomic E-state index is 12.1. The fraction of sp³-hybridized carbons (Fsp3) is 0.533. The predicted octanol–water partition coefficient (Wildman–Crippen LogP) is 2.87. The first-order valence-corrected chi connectivity index (χ1v) is 10.7. The summed E-state index contributed by atoms with van der Waals surface area (Å²) in [6, 6.07) is 9.41. The van der Waals surface area contributed by atoms with Crippen molar-refractivity contribution in [1.82, 2.24) is 0 Å². The molecule has 0 N–H and O–H groups in total. The van der Waals surface area contributed by atoms with Crippen molar-refractivity contribution in [1.29, 1.82) is 0 Å². The van der Waals surface area contributed by atoms with Gasteiger partial charge in [-0.25, -0.2) is 4.18 Å². The first-order chi connectivity index (χ1) is 10.8. The number of benzene rings is 1. The van der Waals surface area contributed by atoms with Gasteiger partial charge in [0, 0.05) is 12.3 Å². The zero-order chi connectivity index (χ0) is 17.3. The molecule has 0 saturated heterocycles. The molecule has 0 radical (unpaired) electrons. The van der Waals surface area contributed by atoms with E-state index >= 15 is 0 Å². The third-order valence-corrected chi connectivity index (χ3v) is 5.09. The predicted molar refractivity (Wildman–Crippen MR) is 88.3 cm³/mol. The lowest BCUT2D eigenvalue weighted by atomic mass is 9.96. The van der Waals surface area contributed by atoms with Crippen LogP contribution in [0.5, 0.6) is 0 Å². The van der Waals surface area contributed by atoms with Crippen LogP contribution in [0.25, 0.3) is 0 Å². The van der Waals surface area contributed by atoms with Crippen LogP contribution in [0.4, 0.5) is 0 Å². The van der Waals surface area contributed by atoms with Crippen molar-refractivity contribution in [3.8, 4) is 0 Å². The van der Waals surface area contributed by atoms with Crippen LogP contribution in [-0.2, 0) is 28.4 Å². The summed E-state index contributed by atoms with van der Waals surface area (Å²) in [6.45, 7) is 2.07. The maximum Gasteiger partial charge on any atom is 0.368 e. The summed E-state index contributed by atoms with van der Waals surface area (Å²) in [7, 11) is -5.46. The van der Waals surface area contributed by atoms with Gasteiger partial charge in [-0.1, -0.05) is 34.9 Å². The number of carbonyl (C=O) groups is 1. The highest BCUT2D eigenvalue weighted by molar-refractivity contribution is 7.86. The Morgan fingerprint density at radius 2 is 1.91 bits per heavy atom. The summed E-state index contributed by atoms with van der Waals surface area (Å²) in [5.41, 5.74) is 0.958. The van der Waals surface area contributed by atoms with E-state index in [0.29, 0.717) is 13.0 Å². The standard InChI is InChI=1S/C15H22O6PS/c1-3-20-15(16)10-9-14(13-7-5-4-6-8-13)11-22(17)12-21-23(2,18)19/h4-8,14H,3,9-12H2,1-2H3/q+1. The van der Waals surface area contributed by atoms with E-state index < -0.39 is 17.9 Å². The molecule has 128 valence electrons. The molecule has 23 heavy (non-hydrogen) atoms. The van der Waals surface area contributed by atoms with E-state index in [0.717, 1.165) is 11.8 Å². The number of esters is 1. The maximum absolute atomic E-state index is 12.1. The largest absolute Gasteiger partial charge is 0.466 e. The highest BCUT2D eigenvalue weighted by atomic mass is 32.2. The van der Waals surface area contributed by atoms with E-state index in [9.17, 15) is 17.8 Å². The summed E-state index contributed by atoms with van der Waals surface area (Å²) in [5, 5.41) is 0. The van der Waals surface area contributed by atoms with Crippen LogP contribution in [0.3, 0.4) is 0 Å². The Bertz CT molecular complexity index is 614. The Labute approximate surface area is 138 Å². The van der Waals surface area contributed by atoms with Crippen molar-refractivity contribution in [2.45, 2.75) is 25.7 Å². The lowest BCUT2D eigenvalue weighted by Gasteiger charge is -2.12. The van der Waals surface area contributed by atoms with Crippen LogP contribution in [0.15, 0.2) is 30.3 Å². The summed E-state index contributed by atoms with van der Waals surface area (Å²) >= 11 is 0. The minimum Gasteiger partial charge on any atom is -0.466 e. The summed E-state index contributed by atoms with van der Waals surface area (Å²) < 4.78 is 43.5. The van der Waals surface area contributed by atoms with E-state index in [-0.39, 0.29) is 30.8 Å². The van der Waals surface area contributed by atoms with Crippen LogP contribution < -0.4 is 0 Å². The second kappa shape index (κ2) is 9.75. The Morgan fingerprint density at radius 1 is 1.26 bits per heavy atom. The van der Waals surface area contributed by atoms with Crippen molar-refractivity contribution < 1.29 is 26.7 Å².